The molecule has 0 aromatic heterocycles. The van der Waals surface area contributed by atoms with Gasteiger partial charge in [0.25, 0.3) is 0 Å². The van der Waals surface area contributed by atoms with Gasteiger partial charge < -0.3 is 5.11 Å². The number of hydrogen-bond acceptors (Lipinski definition) is 1. The van der Waals surface area contributed by atoms with Crippen molar-refractivity contribution in [2.24, 2.45) is 0 Å². The van der Waals surface area contributed by atoms with E-state index in [0.717, 1.165) is 6.07 Å². The molecule has 0 radical (unpaired) electrons. The molecule has 1 aromatic rings. The van der Waals surface area contributed by atoms with Crippen molar-refractivity contribution in [2.75, 3.05) is 0 Å². The molecule has 0 aliphatic heterocycles. The lowest BCUT2D eigenvalue weighted by atomic mass is 9.86. The van der Waals surface area contributed by atoms with Crippen molar-refractivity contribution < 1.29 is 18.7 Å². The Kier molecular flexibility index (Phi) is 4.43. The van der Waals surface area contributed by atoms with Crippen LogP contribution in [0.15, 0.2) is 6.07 Å². The van der Waals surface area contributed by atoms with Gasteiger partial charge in [0.2, 0.25) is 0 Å². The lowest BCUT2D eigenvalue weighted by Crippen LogP contribution is -2.13. The Morgan fingerprint density at radius 1 is 1.11 bits per heavy atom. The summed E-state index contributed by atoms with van der Waals surface area (Å²) in [5, 5.41) is 8.92. The minimum Gasteiger partial charge on any atom is -0.481 e. The second-order valence-electron chi connectivity index (χ2n) is 5.03. The summed E-state index contributed by atoms with van der Waals surface area (Å²) in [5.74, 6) is -2.77. The van der Waals surface area contributed by atoms with Gasteiger partial charge in [-0.3, -0.25) is 4.79 Å². The number of carboxylic acid groups (broad SMARTS) is 1. The fourth-order valence-corrected chi connectivity index (χ4v) is 2.29. The Balaban J connectivity index is 3.59. The summed E-state index contributed by atoms with van der Waals surface area (Å²) in [5.41, 5.74) is 0.898. The summed E-state index contributed by atoms with van der Waals surface area (Å²) < 4.78 is 27.6. The summed E-state index contributed by atoms with van der Waals surface area (Å²) >= 11 is 0. The molecule has 0 saturated carbocycles. The molecule has 4 heteroatoms. The van der Waals surface area contributed by atoms with Crippen molar-refractivity contribution in [3.63, 3.8) is 0 Å². The monoisotopic (exact) mass is 256 g/mol. The average Bonchev–Trinajstić information content (AvgIpc) is 2.13. The fourth-order valence-electron chi connectivity index (χ4n) is 2.29. The molecule has 0 amide bonds. The summed E-state index contributed by atoms with van der Waals surface area (Å²) in [6.07, 6.45) is -0.351. The third-order valence-electron chi connectivity index (χ3n) is 2.90. The van der Waals surface area contributed by atoms with E-state index in [0.29, 0.717) is 11.1 Å². The largest absolute Gasteiger partial charge is 0.481 e. The maximum atomic E-state index is 13.8. The highest BCUT2D eigenvalue weighted by Crippen LogP contribution is 2.32. The molecule has 0 fully saturated rings. The van der Waals surface area contributed by atoms with Gasteiger partial charge in [-0.1, -0.05) is 27.7 Å². The normalized spacial score (nSPS) is 11.3. The van der Waals surface area contributed by atoms with Crippen molar-refractivity contribution in [1.29, 1.82) is 0 Å². The lowest BCUT2D eigenvalue weighted by Gasteiger charge is -2.20. The molecule has 0 unspecified atom stereocenters. The van der Waals surface area contributed by atoms with Crippen LogP contribution >= 0.6 is 0 Å². The first-order valence-corrected chi connectivity index (χ1v) is 5.98. The van der Waals surface area contributed by atoms with Crippen LogP contribution in [0.5, 0.6) is 0 Å². The summed E-state index contributed by atoms with van der Waals surface area (Å²) in [4.78, 5) is 10.9. The number of aliphatic carboxylic acids is 1. The first-order valence-electron chi connectivity index (χ1n) is 5.98. The van der Waals surface area contributed by atoms with Gasteiger partial charge in [0.15, 0.2) is 0 Å². The van der Waals surface area contributed by atoms with Gasteiger partial charge in [0.1, 0.15) is 11.6 Å². The summed E-state index contributed by atoms with van der Waals surface area (Å²) in [6, 6.07) is 0.857. The highest BCUT2D eigenvalue weighted by atomic mass is 19.1. The Morgan fingerprint density at radius 3 is 1.78 bits per heavy atom. The zero-order chi connectivity index (χ0) is 14.0. The van der Waals surface area contributed by atoms with Gasteiger partial charge in [0, 0.05) is 6.07 Å². The molecule has 1 N–H and O–H groups in total. The lowest BCUT2D eigenvalue weighted by molar-refractivity contribution is -0.136. The minimum absolute atomic E-state index is 0.183. The van der Waals surface area contributed by atoms with E-state index in [2.05, 4.69) is 0 Å². The van der Waals surface area contributed by atoms with E-state index in [-0.39, 0.29) is 23.8 Å². The molecule has 0 saturated heterocycles. The van der Waals surface area contributed by atoms with E-state index in [1.807, 2.05) is 0 Å². The molecular formula is C14H18F2O2. The van der Waals surface area contributed by atoms with Crippen LogP contribution in [0.3, 0.4) is 0 Å². The molecular weight excluding hydrogens is 238 g/mol. The minimum atomic E-state index is -1.08. The average molecular weight is 256 g/mol. The van der Waals surface area contributed by atoms with Crippen molar-refractivity contribution in [2.45, 2.75) is 46.0 Å². The SMILES string of the molecule is CC(C)c1c(F)cc(F)c(C(C)C)c1CC(=O)O. The van der Waals surface area contributed by atoms with Gasteiger partial charge in [-0.05, 0) is 28.5 Å². The fraction of sp³-hybridized carbons (Fsp3) is 0.500. The number of carbonyl (C=O) groups is 1. The van der Waals surface area contributed by atoms with Crippen LogP contribution in [0.4, 0.5) is 8.78 Å². The quantitative estimate of drug-likeness (QED) is 0.888. The highest BCUT2D eigenvalue weighted by Gasteiger charge is 2.23. The van der Waals surface area contributed by atoms with Crippen LogP contribution in [0.25, 0.3) is 0 Å². The molecule has 18 heavy (non-hydrogen) atoms. The van der Waals surface area contributed by atoms with Crippen molar-refractivity contribution in [3.05, 3.63) is 34.4 Å². The second kappa shape index (κ2) is 5.46. The van der Waals surface area contributed by atoms with E-state index in [1.54, 1.807) is 27.7 Å². The van der Waals surface area contributed by atoms with Gasteiger partial charge in [0.05, 0.1) is 6.42 Å². The number of benzene rings is 1. The number of halogens is 2. The smallest absolute Gasteiger partial charge is 0.307 e. The molecule has 0 aliphatic rings. The zero-order valence-electron chi connectivity index (χ0n) is 11.1. The number of hydrogen-bond donors (Lipinski definition) is 1. The number of rotatable bonds is 4. The molecule has 0 atom stereocenters. The van der Waals surface area contributed by atoms with Crippen LogP contribution in [0.1, 0.15) is 56.2 Å². The predicted octanol–water partition coefficient (Wildman–Crippen LogP) is 3.84. The Bertz CT molecular complexity index is 433. The summed E-state index contributed by atoms with van der Waals surface area (Å²) in [7, 11) is 0. The second-order valence-corrected chi connectivity index (χ2v) is 5.03. The van der Waals surface area contributed by atoms with Gasteiger partial charge in [-0.15, -0.1) is 0 Å². The molecule has 0 aliphatic carbocycles. The molecule has 0 spiro atoms. The van der Waals surface area contributed by atoms with E-state index >= 15 is 0 Å². The van der Waals surface area contributed by atoms with Crippen molar-refractivity contribution in [1.82, 2.24) is 0 Å². The van der Waals surface area contributed by atoms with Crippen LogP contribution in [-0.4, -0.2) is 11.1 Å². The highest BCUT2D eigenvalue weighted by molar-refractivity contribution is 5.72. The summed E-state index contributed by atoms with van der Waals surface area (Å²) in [6.45, 7) is 7.08. The topological polar surface area (TPSA) is 37.3 Å². The van der Waals surface area contributed by atoms with Crippen LogP contribution in [0, 0.1) is 11.6 Å². The molecule has 1 rings (SSSR count). The Morgan fingerprint density at radius 2 is 1.50 bits per heavy atom. The van der Waals surface area contributed by atoms with E-state index in [1.165, 1.54) is 0 Å². The first-order chi connectivity index (χ1) is 8.25. The Hall–Kier alpha value is -1.45. The molecule has 2 nitrogen and oxygen atoms in total. The van der Waals surface area contributed by atoms with Gasteiger partial charge in [-0.25, -0.2) is 8.78 Å². The zero-order valence-corrected chi connectivity index (χ0v) is 11.1. The van der Waals surface area contributed by atoms with Gasteiger partial charge >= 0.3 is 5.97 Å². The third-order valence-corrected chi connectivity index (χ3v) is 2.90. The van der Waals surface area contributed by atoms with E-state index in [4.69, 9.17) is 5.11 Å². The maximum Gasteiger partial charge on any atom is 0.307 e. The van der Waals surface area contributed by atoms with E-state index < -0.39 is 17.6 Å². The standard InChI is InChI=1S/C14H18F2O2/c1-7(2)13-9(5-12(17)18)14(8(3)4)11(16)6-10(13)15/h6-8H,5H2,1-4H3,(H,17,18). The predicted molar refractivity (Wildman–Crippen MR) is 65.9 cm³/mol. The van der Waals surface area contributed by atoms with Gasteiger partial charge in [-0.2, -0.15) is 0 Å². The van der Waals surface area contributed by atoms with Crippen LogP contribution in [-0.2, 0) is 11.2 Å². The Labute approximate surface area is 106 Å². The van der Waals surface area contributed by atoms with E-state index in [9.17, 15) is 13.6 Å². The third kappa shape index (κ3) is 2.86. The molecule has 1 aromatic carbocycles. The van der Waals surface area contributed by atoms with Crippen LogP contribution < -0.4 is 0 Å². The van der Waals surface area contributed by atoms with Crippen LogP contribution in [0.2, 0.25) is 0 Å². The number of carboxylic acids is 1. The molecule has 0 bridgehead atoms. The first kappa shape index (κ1) is 14.6. The molecule has 100 valence electrons. The maximum absolute atomic E-state index is 13.8. The van der Waals surface area contributed by atoms with Crippen molar-refractivity contribution >= 4 is 5.97 Å². The molecule has 0 heterocycles. The van der Waals surface area contributed by atoms with Crippen molar-refractivity contribution in [3.8, 4) is 0 Å².